The summed E-state index contributed by atoms with van der Waals surface area (Å²) in [6.45, 7) is 7.99. The molecule has 1 heterocycles. The third kappa shape index (κ3) is 3.81. The number of benzene rings is 1. The number of nitrogens with one attached hydrogen (secondary N) is 1. The molecule has 0 bridgehead atoms. The quantitative estimate of drug-likeness (QED) is 0.760. The van der Waals surface area contributed by atoms with Gasteiger partial charge in [-0.3, -0.25) is 0 Å². The number of hydrogen-bond donors (Lipinski definition) is 1. The molecule has 1 N–H and O–H groups in total. The van der Waals surface area contributed by atoms with Crippen LogP contribution in [0, 0.1) is 0 Å². The fourth-order valence-corrected chi connectivity index (χ4v) is 2.45. The second-order valence-corrected chi connectivity index (χ2v) is 4.99. The van der Waals surface area contributed by atoms with Crippen molar-refractivity contribution in [2.45, 2.75) is 33.1 Å². The Morgan fingerprint density at radius 1 is 1.19 bits per heavy atom. The van der Waals surface area contributed by atoms with E-state index in [-0.39, 0.29) is 12.3 Å². The lowest BCUT2D eigenvalue weighted by Gasteiger charge is -2.20. The Bertz CT molecular complexity index is 562. The van der Waals surface area contributed by atoms with Gasteiger partial charge in [0.2, 0.25) is 0 Å². The van der Waals surface area contributed by atoms with Crippen molar-refractivity contribution >= 4 is 11.0 Å². The molecule has 0 aliphatic heterocycles. The Kier molecular flexibility index (Phi) is 5.73. The van der Waals surface area contributed by atoms with Gasteiger partial charge < -0.3 is 19.4 Å². The van der Waals surface area contributed by atoms with Crippen LogP contribution in [0.1, 0.15) is 32.6 Å². The number of aryl methyl sites for hydroxylation is 1. The number of hydrogen-bond acceptors (Lipinski definition) is 4. The fraction of sp³-hybridized carbons (Fsp3) is 0.562. The van der Waals surface area contributed by atoms with Crippen molar-refractivity contribution in [3.63, 3.8) is 0 Å². The summed E-state index contributed by atoms with van der Waals surface area (Å²) in [5, 5.41) is 3.44. The van der Waals surface area contributed by atoms with Crippen LogP contribution in [0.25, 0.3) is 11.0 Å². The summed E-state index contributed by atoms with van der Waals surface area (Å²) in [6, 6.07) is 8.30. The third-order valence-corrected chi connectivity index (χ3v) is 3.50. The van der Waals surface area contributed by atoms with Crippen molar-refractivity contribution in [3.05, 3.63) is 30.1 Å². The van der Waals surface area contributed by atoms with E-state index in [4.69, 9.17) is 14.5 Å². The average molecular weight is 291 g/mol. The first-order chi connectivity index (χ1) is 10.2. The molecule has 21 heavy (non-hydrogen) atoms. The topological polar surface area (TPSA) is 48.3 Å². The van der Waals surface area contributed by atoms with Crippen LogP contribution in [0.2, 0.25) is 0 Å². The molecule has 5 nitrogen and oxygen atoms in total. The lowest BCUT2D eigenvalue weighted by atomic mass is 10.3. The first kappa shape index (κ1) is 15.9. The van der Waals surface area contributed by atoms with Gasteiger partial charge in [-0.1, -0.05) is 12.1 Å². The van der Waals surface area contributed by atoms with Crippen LogP contribution in [0.5, 0.6) is 0 Å². The standard InChI is InChI=1S/C16H25N3O2/c1-5-20-15(21-6-2)11-17-12(3)16-18-13-9-7-8-10-14(13)19(16)4/h7-10,12,15,17H,5-6,11H2,1-4H3. The van der Waals surface area contributed by atoms with Gasteiger partial charge in [0.15, 0.2) is 6.29 Å². The van der Waals surface area contributed by atoms with Gasteiger partial charge in [-0.2, -0.15) is 0 Å². The molecular weight excluding hydrogens is 266 g/mol. The molecule has 2 aromatic rings. The molecule has 2 rings (SSSR count). The summed E-state index contributed by atoms with van der Waals surface area (Å²) < 4.78 is 13.2. The van der Waals surface area contributed by atoms with E-state index >= 15 is 0 Å². The van der Waals surface area contributed by atoms with Gasteiger partial charge in [0.05, 0.1) is 17.1 Å². The maximum absolute atomic E-state index is 5.55. The molecule has 116 valence electrons. The normalized spacial score (nSPS) is 13.2. The van der Waals surface area contributed by atoms with Crippen LogP contribution in [0.3, 0.4) is 0 Å². The Morgan fingerprint density at radius 3 is 2.48 bits per heavy atom. The van der Waals surface area contributed by atoms with Crippen LogP contribution in [0.4, 0.5) is 0 Å². The highest BCUT2D eigenvalue weighted by molar-refractivity contribution is 5.75. The van der Waals surface area contributed by atoms with Crippen molar-refractivity contribution < 1.29 is 9.47 Å². The van der Waals surface area contributed by atoms with Crippen LogP contribution < -0.4 is 5.32 Å². The van der Waals surface area contributed by atoms with E-state index in [0.29, 0.717) is 19.8 Å². The van der Waals surface area contributed by atoms with Crippen molar-refractivity contribution in [2.24, 2.45) is 7.05 Å². The Labute approximate surface area is 126 Å². The summed E-state index contributed by atoms with van der Waals surface area (Å²) in [7, 11) is 2.05. The summed E-state index contributed by atoms with van der Waals surface area (Å²) >= 11 is 0. The van der Waals surface area contributed by atoms with Gasteiger partial charge in [-0.15, -0.1) is 0 Å². The van der Waals surface area contributed by atoms with Crippen molar-refractivity contribution in [1.82, 2.24) is 14.9 Å². The van der Waals surface area contributed by atoms with E-state index in [1.807, 2.05) is 39.1 Å². The summed E-state index contributed by atoms with van der Waals surface area (Å²) in [4.78, 5) is 4.70. The molecule has 1 unspecified atom stereocenters. The summed E-state index contributed by atoms with van der Waals surface area (Å²) in [6.07, 6.45) is -0.211. The molecular formula is C16H25N3O2. The SMILES string of the molecule is CCOC(CNC(C)c1nc2ccccc2n1C)OCC. The number of imidazole rings is 1. The van der Waals surface area contributed by atoms with E-state index in [2.05, 4.69) is 22.9 Å². The summed E-state index contributed by atoms with van der Waals surface area (Å²) in [5.74, 6) is 1.02. The van der Waals surface area contributed by atoms with Gasteiger partial charge in [-0.05, 0) is 32.9 Å². The lowest BCUT2D eigenvalue weighted by molar-refractivity contribution is -0.133. The highest BCUT2D eigenvalue weighted by Crippen LogP contribution is 2.19. The Balaban J connectivity index is 2.04. The van der Waals surface area contributed by atoms with Gasteiger partial charge in [-0.25, -0.2) is 4.98 Å². The van der Waals surface area contributed by atoms with E-state index in [1.165, 1.54) is 0 Å². The first-order valence-electron chi connectivity index (χ1n) is 7.55. The highest BCUT2D eigenvalue weighted by atomic mass is 16.7. The maximum atomic E-state index is 5.55. The van der Waals surface area contributed by atoms with Crippen molar-refractivity contribution in [1.29, 1.82) is 0 Å². The van der Waals surface area contributed by atoms with Crippen molar-refractivity contribution in [2.75, 3.05) is 19.8 Å². The molecule has 0 saturated carbocycles. The number of para-hydroxylation sites is 2. The maximum Gasteiger partial charge on any atom is 0.169 e. The van der Waals surface area contributed by atoms with E-state index in [0.717, 1.165) is 16.9 Å². The van der Waals surface area contributed by atoms with Gasteiger partial charge in [0, 0.05) is 26.8 Å². The molecule has 1 atom stereocenters. The van der Waals surface area contributed by atoms with Crippen LogP contribution in [-0.2, 0) is 16.5 Å². The zero-order valence-corrected chi connectivity index (χ0v) is 13.3. The molecule has 1 aromatic carbocycles. The molecule has 1 aromatic heterocycles. The second kappa shape index (κ2) is 7.54. The first-order valence-corrected chi connectivity index (χ1v) is 7.55. The van der Waals surface area contributed by atoms with Gasteiger partial charge >= 0.3 is 0 Å². The Hall–Kier alpha value is -1.43. The predicted molar refractivity (Wildman–Crippen MR) is 84.2 cm³/mol. The predicted octanol–water partition coefficient (Wildman–Crippen LogP) is 2.62. The third-order valence-electron chi connectivity index (χ3n) is 3.50. The molecule has 5 heteroatoms. The zero-order chi connectivity index (χ0) is 15.2. The fourth-order valence-electron chi connectivity index (χ4n) is 2.45. The zero-order valence-electron chi connectivity index (χ0n) is 13.3. The van der Waals surface area contributed by atoms with Gasteiger partial charge in [0.1, 0.15) is 5.82 Å². The minimum absolute atomic E-state index is 0.130. The minimum Gasteiger partial charge on any atom is -0.352 e. The van der Waals surface area contributed by atoms with E-state index < -0.39 is 0 Å². The van der Waals surface area contributed by atoms with Crippen molar-refractivity contribution in [3.8, 4) is 0 Å². The monoisotopic (exact) mass is 291 g/mol. The molecule has 0 spiro atoms. The molecule has 0 aliphatic carbocycles. The number of aromatic nitrogens is 2. The number of fused-ring (bicyclic) bond motifs is 1. The molecule has 0 radical (unpaired) electrons. The number of ether oxygens (including phenoxy) is 2. The van der Waals surface area contributed by atoms with Gasteiger partial charge in [0.25, 0.3) is 0 Å². The highest BCUT2D eigenvalue weighted by Gasteiger charge is 2.16. The molecule has 0 amide bonds. The van der Waals surface area contributed by atoms with E-state index in [1.54, 1.807) is 0 Å². The van der Waals surface area contributed by atoms with E-state index in [9.17, 15) is 0 Å². The lowest BCUT2D eigenvalue weighted by Crippen LogP contribution is -2.34. The smallest absolute Gasteiger partial charge is 0.169 e. The number of nitrogens with zero attached hydrogens (tertiary/aromatic N) is 2. The second-order valence-electron chi connectivity index (χ2n) is 4.99. The number of rotatable bonds is 8. The van der Waals surface area contributed by atoms with Crippen LogP contribution in [0.15, 0.2) is 24.3 Å². The molecule has 0 saturated heterocycles. The van der Waals surface area contributed by atoms with Crippen LogP contribution in [-0.4, -0.2) is 35.6 Å². The largest absolute Gasteiger partial charge is 0.352 e. The molecule has 0 fully saturated rings. The molecule has 0 aliphatic rings. The average Bonchev–Trinajstić information content (AvgIpc) is 2.83. The Morgan fingerprint density at radius 2 is 1.86 bits per heavy atom. The summed E-state index contributed by atoms with van der Waals surface area (Å²) in [5.41, 5.74) is 2.17. The minimum atomic E-state index is -0.211. The van der Waals surface area contributed by atoms with Crippen LogP contribution >= 0.6 is 0 Å².